The number of nitrogens with zero attached hydrogens (tertiary/aromatic N) is 1. The summed E-state index contributed by atoms with van der Waals surface area (Å²) in [7, 11) is 0. The monoisotopic (exact) mass is 266 g/mol. The van der Waals surface area contributed by atoms with Crippen LogP contribution in [0.4, 0.5) is 14.9 Å². The minimum absolute atomic E-state index is 0.00393. The summed E-state index contributed by atoms with van der Waals surface area (Å²) in [6.45, 7) is 0.951. The maximum absolute atomic E-state index is 13.0. The van der Waals surface area contributed by atoms with Crippen LogP contribution in [0.2, 0.25) is 0 Å². The number of likely N-dealkylation sites (tertiary alicyclic amines) is 1. The highest BCUT2D eigenvalue weighted by Gasteiger charge is 2.27. The standard InChI is InChI=1S/C13H15FN2O3/c14-10-2-1-3-11(7-10)15-13(19)16-5-4-9(8-16)6-12(17)18/h1-3,7,9H,4-6,8H2,(H,15,19)(H,17,18). The number of urea groups is 1. The van der Waals surface area contributed by atoms with Crippen LogP contribution >= 0.6 is 0 Å². The molecule has 0 aliphatic carbocycles. The highest BCUT2D eigenvalue weighted by Crippen LogP contribution is 2.20. The van der Waals surface area contributed by atoms with Gasteiger partial charge in [0.25, 0.3) is 0 Å². The third kappa shape index (κ3) is 3.67. The molecule has 0 aromatic heterocycles. The quantitative estimate of drug-likeness (QED) is 0.880. The molecule has 5 nitrogen and oxygen atoms in total. The molecule has 2 N–H and O–H groups in total. The van der Waals surface area contributed by atoms with Crippen molar-refractivity contribution in [3.63, 3.8) is 0 Å². The second-order valence-corrected chi connectivity index (χ2v) is 4.64. The van der Waals surface area contributed by atoms with Crippen molar-refractivity contribution in [1.29, 1.82) is 0 Å². The van der Waals surface area contributed by atoms with E-state index in [1.54, 1.807) is 11.0 Å². The molecular formula is C13H15FN2O3. The Morgan fingerprint density at radius 2 is 2.26 bits per heavy atom. The SMILES string of the molecule is O=C(O)CC1CCN(C(=O)Nc2cccc(F)c2)C1. The van der Waals surface area contributed by atoms with Crippen molar-refractivity contribution in [3.8, 4) is 0 Å². The van der Waals surface area contributed by atoms with Crippen LogP contribution in [0.15, 0.2) is 24.3 Å². The van der Waals surface area contributed by atoms with Crippen molar-refractivity contribution >= 4 is 17.7 Å². The molecule has 1 aromatic carbocycles. The Kier molecular flexibility index (Phi) is 3.99. The number of carbonyl (C=O) groups excluding carboxylic acids is 1. The van der Waals surface area contributed by atoms with Crippen LogP contribution in [0.5, 0.6) is 0 Å². The normalized spacial score (nSPS) is 18.4. The average molecular weight is 266 g/mol. The van der Waals surface area contributed by atoms with Crippen LogP contribution in [-0.2, 0) is 4.79 Å². The zero-order valence-electron chi connectivity index (χ0n) is 10.3. The fourth-order valence-corrected chi connectivity index (χ4v) is 2.20. The van der Waals surface area contributed by atoms with Crippen LogP contribution in [0.25, 0.3) is 0 Å². The predicted octanol–water partition coefficient (Wildman–Crippen LogP) is 2.15. The van der Waals surface area contributed by atoms with Crippen molar-refractivity contribution in [1.82, 2.24) is 4.90 Å². The summed E-state index contributed by atoms with van der Waals surface area (Å²) in [5, 5.41) is 11.3. The number of anilines is 1. The number of benzene rings is 1. The zero-order chi connectivity index (χ0) is 13.8. The molecule has 2 rings (SSSR count). The number of hydrogen-bond acceptors (Lipinski definition) is 2. The first-order valence-electron chi connectivity index (χ1n) is 6.08. The second-order valence-electron chi connectivity index (χ2n) is 4.64. The number of amides is 2. The van der Waals surface area contributed by atoms with Gasteiger partial charge in [0.2, 0.25) is 0 Å². The van der Waals surface area contributed by atoms with Crippen LogP contribution in [0, 0.1) is 11.7 Å². The molecule has 0 radical (unpaired) electrons. The van der Waals surface area contributed by atoms with Gasteiger partial charge in [-0.15, -0.1) is 0 Å². The number of carbonyl (C=O) groups is 2. The summed E-state index contributed by atoms with van der Waals surface area (Å²) in [4.78, 5) is 24.1. The Balaban J connectivity index is 1.89. The molecule has 1 aromatic rings. The smallest absolute Gasteiger partial charge is 0.321 e. The Hall–Kier alpha value is -2.11. The van der Waals surface area contributed by atoms with E-state index in [4.69, 9.17) is 5.11 Å². The van der Waals surface area contributed by atoms with E-state index in [2.05, 4.69) is 5.32 Å². The van der Waals surface area contributed by atoms with Gasteiger partial charge in [0.05, 0.1) is 0 Å². The zero-order valence-corrected chi connectivity index (χ0v) is 10.3. The van der Waals surface area contributed by atoms with Crippen LogP contribution in [-0.4, -0.2) is 35.1 Å². The lowest BCUT2D eigenvalue weighted by Crippen LogP contribution is -2.33. The van der Waals surface area contributed by atoms with Crippen molar-refractivity contribution in [2.24, 2.45) is 5.92 Å². The van der Waals surface area contributed by atoms with Gasteiger partial charge in [0.1, 0.15) is 5.82 Å². The molecule has 6 heteroatoms. The van der Waals surface area contributed by atoms with Gasteiger partial charge < -0.3 is 15.3 Å². The van der Waals surface area contributed by atoms with Crippen molar-refractivity contribution in [2.75, 3.05) is 18.4 Å². The lowest BCUT2D eigenvalue weighted by atomic mass is 10.1. The maximum atomic E-state index is 13.0. The molecule has 1 aliphatic heterocycles. The van der Waals surface area contributed by atoms with Crippen molar-refractivity contribution in [3.05, 3.63) is 30.1 Å². The lowest BCUT2D eigenvalue weighted by Gasteiger charge is -2.17. The molecular weight excluding hydrogens is 251 g/mol. The van der Waals surface area contributed by atoms with Gasteiger partial charge in [0.15, 0.2) is 0 Å². The fraction of sp³-hybridized carbons (Fsp3) is 0.385. The molecule has 1 fully saturated rings. The summed E-state index contributed by atoms with van der Waals surface area (Å²) in [5.41, 5.74) is 0.395. The Labute approximate surface area is 110 Å². The third-order valence-corrected chi connectivity index (χ3v) is 3.11. The average Bonchev–Trinajstić information content (AvgIpc) is 2.76. The fourth-order valence-electron chi connectivity index (χ4n) is 2.20. The first kappa shape index (κ1) is 13.3. The van der Waals surface area contributed by atoms with E-state index in [1.807, 2.05) is 0 Å². The van der Waals surface area contributed by atoms with Gasteiger partial charge in [-0.2, -0.15) is 0 Å². The highest BCUT2D eigenvalue weighted by molar-refractivity contribution is 5.89. The van der Waals surface area contributed by atoms with Crippen LogP contribution < -0.4 is 5.32 Å². The van der Waals surface area contributed by atoms with E-state index >= 15 is 0 Å². The molecule has 2 amide bonds. The Morgan fingerprint density at radius 1 is 1.47 bits per heavy atom. The number of carboxylic acids is 1. The molecule has 1 atom stereocenters. The lowest BCUT2D eigenvalue weighted by molar-refractivity contribution is -0.138. The van der Waals surface area contributed by atoms with Gasteiger partial charge in [-0.3, -0.25) is 4.79 Å². The van der Waals surface area contributed by atoms with Gasteiger partial charge in [-0.25, -0.2) is 9.18 Å². The summed E-state index contributed by atoms with van der Waals surface area (Å²) in [6.07, 6.45) is 0.757. The molecule has 102 valence electrons. The third-order valence-electron chi connectivity index (χ3n) is 3.11. The number of rotatable bonds is 3. The minimum atomic E-state index is -0.850. The summed E-state index contributed by atoms with van der Waals surface area (Å²) >= 11 is 0. The Bertz CT molecular complexity index is 493. The van der Waals surface area contributed by atoms with E-state index in [9.17, 15) is 14.0 Å². The molecule has 19 heavy (non-hydrogen) atoms. The first-order chi connectivity index (χ1) is 9.04. The molecule has 0 bridgehead atoms. The molecule has 0 spiro atoms. The molecule has 1 heterocycles. The molecule has 1 saturated heterocycles. The van der Waals surface area contributed by atoms with Crippen LogP contribution in [0.3, 0.4) is 0 Å². The van der Waals surface area contributed by atoms with E-state index in [1.165, 1.54) is 18.2 Å². The van der Waals surface area contributed by atoms with Crippen molar-refractivity contribution in [2.45, 2.75) is 12.8 Å². The van der Waals surface area contributed by atoms with Gasteiger partial charge >= 0.3 is 12.0 Å². The molecule has 0 saturated carbocycles. The van der Waals surface area contributed by atoms with Crippen LogP contribution in [0.1, 0.15) is 12.8 Å². The largest absolute Gasteiger partial charge is 0.481 e. The van der Waals surface area contributed by atoms with E-state index < -0.39 is 11.8 Å². The Morgan fingerprint density at radius 3 is 2.95 bits per heavy atom. The van der Waals surface area contributed by atoms with E-state index in [0.717, 1.165) is 0 Å². The van der Waals surface area contributed by atoms with E-state index in [-0.39, 0.29) is 18.4 Å². The number of hydrogen-bond donors (Lipinski definition) is 2. The maximum Gasteiger partial charge on any atom is 0.321 e. The summed E-state index contributed by atoms with van der Waals surface area (Å²) in [6, 6.07) is 5.34. The first-order valence-corrected chi connectivity index (χ1v) is 6.08. The number of carboxylic acid groups (broad SMARTS) is 1. The molecule has 1 unspecified atom stereocenters. The minimum Gasteiger partial charge on any atom is -0.481 e. The van der Waals surface area contributed by atoms with Gasteiger partial charge in [-0.1, -0.05) is 6.07 Å². The van der Waals surface area contributed by atoms with E-state index in [0.29, 0.717) is 25.2 Å². The second kappa shape index (κ2) is 5.69. The number of nitrogens with one attached hydrogen (secondary N) is 1. The number of halogens is 1. The summed E-state index contributed by atoms with van der Waals surface area (Å²) in [5.74, 6) is -1.27. The van der Waals surface area contributed by atoms with Gasteiger partial charge in [0, 0.05) is 25.2 Å². The molecule has 1 aliphatic rings. The number of aliphatic carboxylic acids is 1. The topological polar surface area (TPSA) is 69.6 Å². The predicted molar refractivity (Wildman–Crippen MR) is 67.4 cm³/mol. The van der Waals surface area contributed by atoms with Crippen molar-refractivity contribution < 1.29 is 19.1 Å². The highest BCUT2D eigenvalue weighted by atomic mass is 19.1. The van der Waals surface area contributed by atoms with Gasteiger partial charge in [-0.05, 0) is 30.5 Å². The summed E-state index contributed by atoms with van der Waals surface area (Å²) < 4.78 is 13.0.